The van der Waals surface area contributed by atoms with Crippen LogP contribution in [0.1, 0.15) is 13.8 Å². The molecule has 1 unspecified atom stereocenters. The lowest BCUT2D eigenvalue weighted by Gasteiger charge is -2.31. The summed E-state index contributed by atoms with van der Waals surface area (Å²) in [7, 11) is 1.40. The van der Waals surface area contributed by atoms with Crippen molar-refractivity contribution in [2.45, 2.75) is 19.9 Å². The molecule has 21 heavy (non-hydrogen) atoms. The lowest BCUT2D eigenvalue weighted by molar-refractivity contribution is -0.309. The van der Waals surface area contributed by atoms with Crippen molar-refractivity contribution in [2.24, 2.45) is 5.92 Å². The number of carbonyl (C=O) groups is 2. The minimum atomic E-state index is -1.33. The minimum absolute atomic E-state index is 0.0571. The second-order valence-electron chi connectivity index (χ2n) is 5.77. The first-order valence-electron chi connectivity index (χ1n) is 6.76. The molecule has 114 valence electrons. The van der Waals surface area contributed by atoms with Crippen LogP contribution in [0.25, 0.3) is 0 Å². The molecule has 1 aromatic rings. The van der Waals surface area contributed by atoms with E-state index < -0.39 is 24.0 Å². The van der Waals surface area contributed by atoms with Crippen LogP contribution in [0.3, 0.4) is 0 Å². The molecule has 6 nitrogen and oxygen atoms in total. The van der Waals surface area contributed by atoms with Gasteiger partial charge in [0.1, 0.15) is 12.6 Å². The van der Waals surface area contributed by atoms with Crippen LogP contribution in [0.5, 0.6) is 0 Å². The number of likely N-dealkylation sites (N-methyl/N-ethyl adjacent to an activating group) is 1. The maximum atomic E-state index is 14.1. The van der Waals surface area contributed by atoms with Gasteiger partial charge in [0, 0.05) is 25.2 Å². The molecule has 0 saturated carbocycles. The van der Waals surface area contributed by atoms with Gasteiger partial charge in [-0.1, -0.05) is 13.8 Å². The maximum absolute atomic E-state index is 14.1. The molecule has 0 radical (unpaired) electrons. The van der Waals surface area contributed by atoms with E-state index in [9.17, 15) is 19.1 Å². The number of quaternary nitrogens is 1. The number of urea groups is 1. The molecule has 2 heterocycles. The highest BCUT2D eigenvalue weighted by Crippen LogP contribution is 2.34. The van der Waals surface area contributed by atoms with E-state index in [1.54, 1.807) is 6.07 Å². The number of carboxylic acid groups (broad SMARTS) is 1. The SMILES string of the molecule is CC(C)C[N+]1(c2cccnc2F)C[C@@H](C(=O)[O-])N(C)C1=O. The molecule has 7 heteroatoms. The van der Waals surface area contributed by atoms with Gasteiger partial charge in [0.05, 0.1) is 12.5 Å². The molecular formula is C14H18FN3O3. The number of rotatable bonds is 4. The second kappa shape index (κ2) is 5.40. The highest BCUT2D eigenvalue weighted by atomic mass is 19.1. The van der Waals surface area contributed by atoms with Crippen molar-refractivity contribution in [3.63, 3.8) is 0 Å². The monoisotopic (exact) mass is 295 g/mol. The first-order valence-corrected chi connectivity index (χ1v) is 6.76. The smallest absolute Gasteiger partial charge is 0.424 e. The number of aliphatic carboxylic acids is 1. The number of nitrogens with zero attached hydrogens (tertiary/aromatic N) is 3. The van der Waals surface area contributed by atoms with Crippen LogP contribution in [0.15, 0.2) is 18.3 Å². The Balaban J connectivity index is 2.57. The fourth-order valence-electron chi connectivity index (χ4n) is 2.94. The summed E-state index contributed by atoms with van der Waals surface area (Å²) in [4.78, 5) is 28.6. The summed E-state index contributed by atoms with van der Waals surface area (Å²) in [5.41, 5.74) is 0.104. The van der Waals surface area contributed by atoms with E-state index in [2.05, 4.69) is 4.98 Å². The van der Waals surface area contributed by atoms with Crippen molar-refractivity contribution in [1.29, 1.82) is 0 Å². The molecule has 1 saturated heterocycles. The van der Waals surface area contributed by atoms with Crippen molar-refractivity contribution in [3.8, 4) is 0 Å². The summed E-state index contributed by atoms with van der Waals surface area (Å²) >= 11 is 0. The van der Waals surface area contributed by atoms with Gasteiger partial charge < -0.3 is 9.90 Å². The Bertz CT molecular complexity index is 578. The second-order valence-corrected chi connectivity index (χ2v) is 5.77. The Morgan fingerprint density at radius 1 is 1.62 bits per heavy atom. The highest BCUT2D eigenvalue weighted by Gasteiger charge is 2.54. The normalized spacial score (nSPS) is 25.7. The molecule has 0 bridgehead atoms. The van der Waals surface area contributed by atoms with Gasteiger partial charge in [-0.3, -0.25) is 4.90 Å². The number of halogens is 1. The molecule has 1 aliphatic heterocycles. The number of carbonyl (C=O) groups excluding carboxylic acids is 2. The average molecular weight is 295 g/mol. The molecular weight excluding hydrogens is 277 g/mol. The van der Waals surface area contributed by atoms with E-state index in [1.807, 2.05) is 13.8 Å². The third-order valence-corrected chi connectivity index (χ3v) is 3.77. The van der Waals surface area contributed by atoms with E-state index in [1.165, 1.54) is 19.3 Å². The number of hydrogen-bond donors (Lipinski definition) is 0. The predicted molar refractivity (Wildman–Crippen MR) is 72.5 cm³/mol. The number of hydrogen-bond acceptors (Lipinski definition) is 4. The summed E-state index contributed by atoms with van der Waals surface area (Å²) < 4.78 is 13.7. The first kappa shape index (κ1) is 15.4. The van der Waals surface area contributed by atoms with Gasteiger partial charge in [-0.25, -0.2) is 14.3 Å². The van der Waals surface area contributed by atoms with Crippen LogP contribution < -0.4 is 9.59 Å². The van der Waals surface area contributed by atoms with Crippen molar-refractivity contribution >= 4 is 17.7 Å². The summed E-state index contributed by atoms with van der Waals surface area (Å²) in [5, 5.41) is 11.2. The Hall–Kier alpha value is -2.02. The summed E-state index contributed by atoms with van der Waals surface area (Å²) in [5.74, 6) is -2.01. The third kappa shape index (κ3) is 2.49. The molecule has 2 atom stereocenters. The maximum Gasteiger partial charge on any atom is 0.424 e. The Morgan fingerprint density at radius 2 is 2.29 bits per heavy atom. The van der Waals surface area contributed by atoms with Gasteiger partial charge in [0.15, 0.2) is 5.69 Å². The summed E-state index contributed by atoms with van der Waals surface area (Å²) in [6.07, 6.45) is 1.30. The van der Waals surface area contributed by atoms with E-state index in [-0.39, 0.29) is 22.6 Å². The van der Waals surface area contributed by atoms with Crippen LogP contribution >= 0.6 is 0 Å². The van der Waals surface area contributed by atoms with Crippen LogP contribution in [0, 0.1) is 11.9 Å². The zero-order valence-corrected chi connectivity index (χ0v) is 12.2. The topological polar surface area (TPSA) is 73.3 Å². The summed E-state index contributed by atoms with van der Waals surface area (Å²) in [6, 6.07) is 1.49. The van der Waals surface area contributed by atoms with E-state index in [0.717, 1.165) is 4.90 Å². The molecule has 2 amide bonds. The van der Waals surface area contributed by atoms with Gasteiger partial charge in [-0.15, -0.1) is 0 Å². The Kier molecular flexibility index (Phi) is 3.95. The lowest BCUT2D eigenvalue weighted by Crippen LogP contribution is -2.55. The molecule has 0 aliphatic carbocycles. The minimum Gasteiger partial charge on any atom is -0.548 e. The third-order valence-electron chi connectivity index (χ3n) is 3.77. The van der Waals surface area contributed by atoms with Crippen molar-refractivity contribution < 1.29 is 19.1 Å². The Labute approximate surface area is 122 Å². The Morgan fingerprint density at radius 3 is 2.76 bits per heavy atom. The number of amides is 2. The van der Waals surface area contributed by atoms with Crippen LogP contribution in [0.2, 0.25) is 0 Å². The van der Waals surface area contributed by atoms with Crippen LogP contribution in [-0.4, -0.2) is 48.1 Å². The zero-order chi connectivity index (χ0) is 15.8. The molecule has 1 aliphatic rings. The lowest BCUT2D eigenvalue weighted by atomic mass is 10.1. The number of carboxylic acids is 1. The molecule has 1 fully saturated rings. The van der Waals surface area contributed by atoms with E-state index >= 15 is 0 Å². The van der Waals surface area contributed by atoms with Crippen molar-refractivity contribution in [2.75, 3.05) is 20.1 Å². The first-order chi connectivity index (χ1) is 9.79. The van der Waals surface area contributed by atoms with Crippen molar-refractivity contribution in [1.82, 2.24) is 14.4 Å². The highest BCUT2D eigenvalue weighted by molar-refractivity contribution is 5.94. The molecule has 0 aromatic carbocycles. The fraction of sp³-hybridized carbons (Fsp3) is 0.500. The van der Waals surface area contributed by atoms with Gasteiger partial charge in [-0.05, 0) is 6.07 Å². The van der Waals surface area contributed by atoms with Gasteiger partial charge in [-0.2, -0.15) is 4.39 Å². The molecule has 0 N–H and O–H groups in total. The largest absolute Gasteiger partial charge is 0.548 e. The van der Waals surface area contributed by atoms with E-state index in [4.69, 9.17) is 0 Å². The molecule has 2 rings (SSSR count). The van der Waals surface area contributed by atoms with Crippen LogP contribution in [0.4, 0.5) is 14.9 Å². The fourth-order valence-corrected chi connectivity index (χ4v) is 2.94. The molecule has 0 spiro atoms. The van der Waals surface area contributed by atoms with Gasteiger partial charge in [0.2, 0.25) is 0 Å². The zero-order valence-electron chi connectivity index (χ0n) is 12.2. The average Bonchev–Trinajstić information content (AvgIpc) is 2.65. The number of pyridine rings is 1. The standard InChI is InChI=1S/C14H18FN3O3/c1-9(2)7-18(11-5-4-6-16-12(11)15)8-10(13(19)20)17(3)14(18)21/h4-6,9-10H,7-8H2,1-3H3/t10-,18?/m0/s1. The van der Waals surface area contributed by atoms with Gasteiger partial charge >= 0.3 is 6.03 Å². The summed E-state index contributed by atoms with van der Waals surface area (Å²) in [6.45, 7) is 4.04. The van der Waals surface area contributed by atoms with Gasteiger partial charge in [0.25, 0.3) is 5.95 Å². The quantitative estimate of drug-likeness (QED) is 0.594. The van der Waals surface area contributed by atoms with Crippen LogP contribution in [-0.2, 0) is 4.79 Å². The molecule has 1 aromatic heterocycles. The number of aromatic nitrogens is 1. The van der Waals surface area contributed by atoms with Crippen molar-refractivity contribution in [3.05, 3.63) is 24.3 Å². The van der Waals surface area contributed by atoms with E-state index in [0.29, 0.717) is 6.54 Å². The predicted octanol–water partition coefficient (Wildman–Crippen LogP) is 0.368.